The molecule has 1 aliphatic rings. The van der Waals surface area contributed by atoms with Crippen LogP contribution in [0.4, 0.5) is 5.69 Å². The van der Waals surface area contributed by atoms with Gasteiger partial charge in [-0.05, 0) is 43.7 Å². The van der Waals surface area contributed by atoms with E-state index in [9.17, 15) is 25.5 Å². The number of methoxy groups -OCH3 is 1. The van der Waals surface area contributed by atoms with Crippen molar-refractivity contribution in [2.75, 3.05) is 32.2 Å². The van der Waals surface area contributed by atoms with E-state index in [0.717, 1.165) is 38.5 Å². The number of ether oxygens (including phenoxy) is 4. The lowest BCUT2D eigenvalue weighted by molar-refractivity contribution is -0.302. The lowest BCUT2D eigenvalue weighted by atomic mass is 9.98. The molecule has 1 aromatic rings. The number of anilines is 1. The van der Waals surface area contributed by atoms with Crippen LogP contribution < -0.4 is 15.4 Å². The zero-order chi connectivity index (χ0) is 50.7. The summed E-state index contributed by atoms with van der Waals surface area (Å²) in [5, 5.41) is 61.4. The minimum Gasteiger partial charge on any atom is -0.495 e. The summed E-state index contributed by atoms with van der Waals surface area (Å²) >= 11 is 5.36. The summed E-state index contributed by atoms with van der Waals surface area (Å²) in [6, 6.07) is 6.56. The van der Waals surface area contributed by atoms with Gasteiger partial charge in [-0.25, -0.2) is 0 Å². The van der Waals surface area contributed by atoms with Gasteiger partial charge in [0, 0.05) is 0 Å². The van der Waals surface area contributed by atoms with Crippen LogP contribution in [0.3, 0.4) is 0 Å². The highest BCUT2D eigenvalue weighted by Gasteiger charge is 2.45. The molecule has 1 heterocycles. The highest BCUT2D eigenvalue weighted by Crippen LogP contribution is 2.26. The van der Waals surface area contributed by atoms with E-state index >= 15 is 0 Å². The third-order valence-electron chi connectivity index (χ3n) is 14.4. The van der Waals surface area contributed by atoms with Crippen molar-refractivity contribution < 1.29 is 44.5 Å². The van der Waals surface area contributed by atoms with Crippen molar-refractivity contribution in [2.24, 2.45) is 0 Å². The Hall–Kier alpha value is -1.61. The smallest absolute Gasteiger partial charge is 0.261 e. The van der Waals surface area contributed by atoms with Crippen molar-refractivity contribution in [2.45, 2.75) is 300 Å². The summed E-state index contributed by atoms with van der Waals surface area (Å²) in [4.78, 5) is 0. The van der Waals surface area contributed by atoms with Gasteiger partial charge in [0.25, 0.3) is 5.17 Å². The number of aliphatic hydroxyl groups is 5. The second kappa shape index (κ2) is 44.8. The quantitative estimate of drug-likeness (QED) is 0.0245. The molecule has 0 aliphatic carbocycles. The van der Waals surface area contributed by atoms with Crippen LogP contribution in [0.5, 0.6) is 5.75 Å². The van der Waals surface area contributed by atoms with Gasteiger partial charge in [-0.15, -0.1) is 0 Å². The predicted octanol–water partition coefficient (Wildman–Crippen LogP) is 13.4. The molecule has 0 unspecified atom stereocenters. The highest BCUT2D eigenvalue weighted by atomic mass is 32.1. The molecule has 70 heavy (non-hydrogen) atoms. The van der Waals surface area contributed by atoms with Crippen molar-refractivity contribution in [3.05, 3.63) is 24.3 Å². The molecule has 1 aromatic carbocycles. The number of hydrogen-bond acceptors (Lipinski definition) is 11. The van der Waals surface area contributed by atoms with Gasteiger partial charge >= 0.3 is 0 Å². The van der Waals surface area contributed by atoms with Gasteiger partial charge in [-0.3, -0.25) is 0 Å². The molecular formula is C58H108N2O9S. The van der Waals surface area contributed by atoms with Gasteiger partial charge in [0.15, 0.2) is 6.29 Å². The number of hydrogen-bond donors (Lipinski definition) is 7. The largest absolute Gasteiger partial charge is 0.495 e. The van der Waals surface area contributed by atoms with E-state index in [1.54, 1.807) is 19.2 Å². The molecule has 0 saturated carbocycles. The first-order valence-corrected chi connectivity index (χ1v) is 29.6. The number of thiocarbonyl (C=S) groups is 1. The first-order chi connectivity index (χ1) is 34.2. The van der Waals surface area contributed by atoms with Crippen LogP contribution in [0, 0.1) is 0 Å². The number of para-hydroxylation sites is 2. The van der Waals surface area contributed by atoms with Gasteiger partial charge in [0.05, 0.1) is 37.7 Å². The van der Waals surface area contributed by atoms with Gasteiger partial charge in [0.1, 0.15) is 36.8 Å². The number of benzene rings is 1. The number of rotatable bonds is 48. The second-order valence-electron chi connectivity index (χ2n) is 20.7. The molecule has 0 spiro atoms. The molecule has 11 nitrogen and oxygen atoms in total. The van der Waals surface area contributed by atoms with Crippen molar-refractivity contribution in [1.29, 1.82) is 0 Å². The number of nitrogens with one attached hydrogen (secondary N) is 2. The Bertz CT molecular complexity index is 1330. The molecule has 410 valence electrons. The SMILES string of the molecule is CCCCCCCCCCCCCCCCCCCCCCCCCCN[C@@H](CO[C@@H]1O[C@H](COC(=S)Nc2ccccc2OC)[C@H](O)[C@H](O)[C@H]1O)[C@H](O)[C@H](O)CCCCCCCCCCCCCC. The van der Waals surface area contributed by atoms with E-state index in [2.05, 4.69) is 24.5 Å². The Morgan fingerprint density at radius 2 is 0.986 bits per heavy atom. The Kier molecular flexibility index (Phi) is 41.3. The average Bonchev–Trinajstić information content (AvgIpc) is 3.36. The molecule has 0 amide bonds. The van der Waals surface area contributed by atoms with Crippen LogP contribution in [-0.4, -0.2) is 107 Å². The van der Waals surface area contributed by atoms with Crippen LogP contribution in [-0.2, 0) is 14.2 Å². The molecular weight excluding hydrogens is 901 g/mol. The van der Waals surface area contributed by atoms with Crippen LogP contribution in [0.25, 0.3) is 0 Å². The zero-order valence-electron chi connectivity index (χ0n) is 45.0. The Morgan fingerprint density at radius 3 is 1.43 bits per heavy atom. The summed E-state index contributed by atoms with van der Waals surface area (Å²) in [6.45, 7) is 4.86. The lowest BCUT2D eigenvalue weighted by Gasteiger charge is -2.40. The first kappa shape index (κ1) is 64.5. The monoisotopic (exact) mass is 1010 g/mol. The van der Waals surface area contributed by atoms with E-state index in [-0.39, 0.29) is 18.4 Å². The lowest BCUT2D eigenvalue weighted by Crippen LogP contribution is -2.60. The molecule has 1 aliphatic heterocycles. The van der Waals surface area contributed by atoms with Crippen molar-refractivity contribution in [3.8, 4) is 5.75 Å². The molecule has 12 heteroatoms. The van der Waals surface area contributed by atoms with Gasteiger partial charge < -0.3 is 55.1 Å². The minimum atomic E-state index is -1.57. The van der Waals surface area contributed by atoms with E-state index in [4.69, 9.17) is 31.2 Å². The Labute approximate surface area is 433 Å². The Morgan fingerprint density at radius 1 is 0.571 bits per heavy atom. The summed E-state index contributed by atoms with van der Waals surface area (Å²) in [6.07, 6.45) is 38.4. The maximum absolute atomic E-state index is 11.5. The van der Waals surface area contributed by atoms with Gasteiger partial charge in [0.2, 0.25) is 0 Å². The van der Waals surface area contributed by atoms with E-state index in [1.165, 1.54) is 193 Å². The van der Waals surface area contributed by atoms with E-state index in [0.29, 0.717) is 24.4 Å². The number of aliphatic hydroxyl groups excluding tert-OH is 5. The highest BCUT2D eigenvalue weighted by molar-refractivity contribution is 7.80. The molecule has 1 saturated heterocycles. The van der Waals surface area contributed by atoms with E-state index in [1.807, 2.05) is 12.1 Å². The standard InChI is InChI=1S/C58H108N2O9S/c1-4-6-8-10-12-14-16-18-19-20-21-22-23-24-25-26-27-28-29-31-33-35-37-41-45-59-49(53(62)50(61)43-38-36-34-32-30-17-15-13-11-9-7-5-2)46-67-57-56(65)55(64)54(63)52(69-57)47-68-58(70)60-48-42-39-40-44-51(48)66-3/h39-40,42,44,49-50,52-57,59,61-65H,4-38,41,43,45-47H2,1-3H3,(H,60,70)/t49-,50+,52+,53-,54-,55-,56+,57+/m0/s1. The van der Waals surface area contributed by atoms with Gasteiger partial charge in [-0.1, -0.05) is 251 Å². The fourth-order valence-corrected chi connectivity index (χ4v) is 9.91. The second-order valence-corrected chi connectivity index (χ2v) is 21.1. The molecule has 0 radical (unpaired) electrons. The van der Waals surface area contributed by atoms with Crippen molar-refractivity contribution >= 4 is 23.1 Å². The fourth-order valence-electron chi connectivity index (χ4n) is 9.73. The average molecular weight is 1010 g/mol. The van der Waals surface area contributed by atoms with Crippen LogP contribution >= 0.6 is 12.2 Å². The third-order valence-corrected chi connectivity index (χ3v) is 14.6. The van der Waals surface area contributed by atoms with E-state index < -0.39 is 49.0 Å². The summed E-state index contributed by atoms with van der Waals surface area (Å²) in [5.74, 6) is 0.570. The molecule has 8 atom stereocenters. The van der Waals surface area contributed by atoms with Crippen LogP contribution in [0.2, 0.25) is 0 Å². The molecule has 0 bridgehead atoms. The number of unbranched alkanes of at least 4 members (excludes halogenated alkanes) is 34. The summed E-state index contributed by atoms with van der Waals surface area (Å²) < 4.78 is 23.0. The first-order valence-electron chi connectivity index (χ1n) is 29.2. The summed E-state index contributed by atoms with van der Waals surface area (Å²) in [5.41, 5.74) is 0.598. The molecule has 2 rings (SSSR count). The zero-order valence-corrected chi connectivity index (χ0v) is 45.8. The van der Waals surface area contributed by atoms with Crippen molar-refractivity contribution in [1.82, 2.24) is 5.32 Å². The molecule has 0 aromatic heterocycles. The normalized spacial score (nSPS) is 19.5. The third kappa shape index (κ3) is 31.9. The summed E-state index contributed by atoms with van der Waals surface area (Å²) in [7, 11) is 1.55. The van der Waals surface area contributed by atoms with Crippen LogP contribution in [0.15, 0.2) is 24.3 Å². The maximum Gasteiger partial charge on any atom is 0.261 e. The van der Waals surface area contributed by atoms with Gasteiger partial charge in [-0.2, -0.15) is 0 Å². The fraction of sp³-hybridized carbons (Fsp3) is 0.879. The molecule has 1 fully saturated rings. The van der Waals surface area contributed by atoms with Crippen LogP contribution in [0.1, 0.15) is 251 Å². The topological polar surface area (TPSA) is 162 Å². The minimum absolute atomic E-state index is 0.00802. The Balaban J connectivity index is 1.70. The maximum atomic E-state index is 11.5. The van der Waals surface area contributed by atoms with Crippen molar-refractivity contribution in [3.63, 3.8) is 0 Å². The predicted molar refractivity (Wildman–Crippen MR) is 294 cm³/mol. The molecule has 7 N–H and O–H groups in total.